The van der Waals surface area contributed by atoms with E-state index in [1.807, 2.05) is 0 Å². The van der Waals surface area contributed by atoms with E-state index in [1.165, 1.54) is 19.3 Å². The van der Waals surface area contributed by atoms with Crippen LogP contribution in [0.5, 0.6) is 0 Å². The molecule has 0 aromatic carbocycles. The van der Waals surface area contributed by atoms with Crippen molar-refractivity contribution in [2.24, 2.45) is 0 Å². The molecule has 0 aromatic rings. The lowest BCUT2D eigenvalue weighted by Gasteiger charge is -2.05. The van der Waals surface area contributed by atoms with Crippen LogP contribution in [0.1, 0.15) is 51.9 Å². The van der Waals surface area contributed by atoms with Crippen molar-refractivity contribution in [3.63, 3.8) is 0 Å². The predicted octanol–water partition coefficient (Wildman–Crippen LogP) is 1.66. The summed E-state index contributed by atoms with van der Waals surface area (Å²) in [6.07, 6.45) is 5.99. The number of ketones is 1. The van der Waals surface area contributed by atoms with Gasteiger partial charge in [-0.1, -0.05) is 39.0 Å². The summed E-state index contributed by atoms with van der Waals surface area (Å²) in [5.41, 5.74) is 0. The Hall–Kier alpha value is -0.410. The second kappa shape index (κ2) is 9.16. The molecule has 0 bridgehead atoms. The molecular weight excluding hydrogens is 180 g/mol. The van der Waals surface area contributed by atoms with Gasteiger partial charge in [0.25, 0.3) is 0 Å². The molecule has 0 fully saturated rings. The van der Waals surface area contributed by atoms with Gasteiger partial charge in [-0.2, -0.15) is 0 Å². The van der Waals surface area contributed by atoms with Crippen molar-refractivity contribution in [2.75, 3.05) is 6.61 Å². The standard InChI is InChI=1S/C11H22O3/c1-2-3-4-5-6-7-8-10(13)11(14)9-12/h11-12,14H,2-9H2,1H3. The van der Waals surface area contributed by atoms with Crippen LogP contribution in [0.25, 0.3) is 0 Å². The smallest absolute Gasteiger partial charge is 0.163 e. The Morgan fingerprint density at radius 3 is 2.29 bits per heavy atom. The van der Waals surface area contributed by atoms with Crippen LogP contribution in [0.3, 0.4) is 0 Å². The van der Waals surface area contributed by atoms with Crippen LogP contribution in [-0.4, -0.2) is 28.7 Å². The summed E-state index contributed by atoms with van der Waals surface area (Å²) >= 11 is 0. The van der Waals surface area contributed by atoms with Crippen LogP contribution in [0.4, 0.5) is 0 Å². The molecule has 0 saturated carbocycles. The maximum Gasteiger partial charge on any atom is 0.163 e. The van der Waals surface area contributed by atoms with E-state index in [0.29, 0.717) is 6.42 Å². The van der Waals surface area contributed by atoms with E-state index in [9.17, 15) is 4.79 Å². The minimum atomic E-state index is -1.16. The van der Waals surface area contributed by atoms with Gasteiger partial charge in [-0.05, 0) is 6.42 Å². The fraction of sp³-hybridized carbons (Fsp3) is 0.909. The molecule has 3 nitrogen and oxygen atoms in total. The monoisotopic (exact) mass is 202 g/mol. The largest absolute Gasteiger partial charge is 0.393 e. The van der Waals surface area contributed by atoms with E-state index >= 15 is 0 Å². The zero-order chi connectivity index (χ0) is 10.8. The summed E-state index contributed by atoms with van der Waals surface area (Å²) in [7, 11) is 0. The molecule has 0 amide bonds. The predicted molar refractivity (Wildman–Crippen MR) is 56.1 cm³/mol. The highest BCUT2D eigenvalue weighted by atomic mass is 16.3. The molecule has 3 heteroatoms. The molecular formula is C11H22O3. The zero-order valence-electron chi connectivity index (χ0n) is 9.04. The SMILES string of the molecule is CCCCCCCCC(=O)C(O)CO. The van der Waals surface area contributed by atoms with Gasteiger partial charge in [0.2, 0.25) is 0 Å². The number of aliphatic hydroxyl groups excluding tert-OH is 2. The van der Waals surface area contributed by atoms with Gasteiger partial charge in [0.15, 0.2) is 5.78 Å². The van der Waals surface area contributed by atoms with Crippen LogP contribution in [0, 0.1) is 0 Å². The highest BCUT2D eigenvalue weighted by molar-refractivity contribution is 5.82. The molecule has 0 aliphatic heterocycles. The van der Waals surface area contributed by atoms with Crippen molar-refractivity contribution in [1.29, 1.82) is 0 Å². The lowest BCUT2D eigenvalue weighted by molar-refractivity contribution is -0.129. The Kier molecular flexibility index (Phi) is 8.89. The molecule has 0 rings (SSSR count). The first-order chi connectivity index (χ1) is 6.72. The molecule has 1 atom stereocenters. The number of unbranched alkanes of at least 4 members (excludes halogenated alkanes) is 5. The summed E-state index contributed by atoms with van der Waals surface area (Å²) in [6.45, 7) is 1.72. The normalized spacial score (nSPS) is 12.8. The number of aliphatic hydroxyl groups is 2. The Morgan fingerprint density at radius 1 is 1.14 bits per heavy atom. The highest BCUT2D eigenvalue weighted by Crippen LogP contribution is 2.07. The summed E-state index contributed by atoms with van der Waals surface area (Å²) in [6, 6.07) is 0. The van der Waals surface area contributed by atoms with E-state index in [-0.39, 0.29) is 5.78 Å². The zero-order valence-corrected chi connectivity index (χ0v) is 9.04. The molecule has 0 saturated heterocycles. The number of rotatable bonds is 9. The molecule has 0 radical (unpaired) electrons. The minimum absolute atomic E-state index is 0.233. The van der Waals surface area contributed by atoms with E-state index < -0.39 is 12.7 Å². The quantitative estimate of drug-likeness (QED) is 0.559. The van der Waals surface area contributed by atoms with Crippen molar-refractivity contribution in [3.8, 4) is 0 Å². The van der Waals surface area contributed by atoms with Gasteiger partial charge in [-0.3, -0.25) is 4.79 Å². The second-order valence-corrected chi connectivity index (χ2v) is 3.68. The van der Waals surface area contributed by atoms with Gasteiger partial charge in [0.05, 0.1) is 6.61 Å². The lowest BCUT2D eigenvalue weighted by Crippen LogP contribution is -2.23. The van der Waals surface area contributed by atoms with Crippen molar-refractivity contribution in [1.82, 2.24) is 0 Å². The average Bonchev–Trinajstić information content (AvgIpc) is 2.21. The first kappa shape index (κ1) is 13.6. The van der Waals surface area contributed by atoms with E-state index in [4.69, 9.17) is 10.2 Å². The molecule has 14 heavy (non-hydrogen) atoms. The third-order valence-electron chi connectivity index (χ3n) is 2.32. The third kappa shape index (κ3) is 7.04. The van der Waals surface area contributed by atoms with Crippen molar-refractivity contribution in [2.45, 2.75) is 58.0 Å². The summed E-state index contributed by atoms with van der Waals surface area (Å²) in [5, 5.41) is 17.5. The van der Waals surface area contributed by atoms with Crippen LogP contribution < -0.4 is 0 Å². The highest BCUT2D eigenvalue weighted by Gasteiger charge is 2.12. The van der Waals surface area contributed by atoms with Crippen LogP contribution in [-0.2, 0) is 4.79 Å². The summed E-state index contributed by atoms with van der Waals surface area (Å²) in [4.78, 5) is 11.1. The molecule has 0 aromatic heterocycles. The number of Topliss-reactive ketones (excluding diaryl/α,β-unsaturated/α-hetero) is 1. The molecule has 0 aliphatic rings. The topological polar surface area (TPSA) is 57.5 Å². The van der Waals surface area contributed by atoms with Crippen molar-refractivity contribution < 1.29 is 15.0 Å². The van der Waals surface area contributed by atoms with Crippen LogP contribution in [0.15, 0.2) is 0 Å². The van der Waals surface area contributed by atoms with Gasteiger partial charge >= 0.3 is 0 Å². The summed E-state index contributed by atoms with van der Waals surface area (Å²) in [5.74, 6) is -0.233. The van der Waals surface area contributed by atoms with Gasteiger partial charge in [0, 0.05) is 6.42 Å². The minimum Gasteiger partial charge on any atom is -0.393 e. The second-order valence-electron chi connectivity index (χ2n) is 3.68. The Balaban J connectivity index is 3.23. The van der Waals surface area contributed by atoms with E-state index in [1.54, 1.807) is 0 Å². The summed E-state index contributed by atoms with van der Waals surface area (Å²) < 4.78 is 0. The number of carbonyl (C=O) groups is 1. The Morgan fingerprint density at radius 2 is 1.71 bits per heavy atom. The average molecular weight is 202 g/mol. The fourth-order valence-corrected chi connectivity index (χ4v) is 1.35. The maximum atomic E-state index is 11.1. The van der Waals surface area contributed by atoms with Gasteiger partial charge < -0.3 is 10.2 Å². The molecule has 0 heterocycles. The third-order valence-corrected chi connectivity index (χ3v) is 2.32. The lowest BCUT2D eigenvalue weighted by atomic mass is 10.1. The molecule has 1 unspecified atom stereocenters. The molecule has 84 valence electrons. The molecule has 0 aliphatic carbocycles. The number of hydrogen-bond donors (Lipinski definition) is 2. The first-order valence-electron chi connectivity index (χ1n) is 5.54. The Labute approximate surface area is 86.1 Å². The number of carbonyl (C=O) groups excluding carboxylic acids is 1. The van der Waals surface area contributed by atoms with Gasteiger partial charge in [-0.15, -0.1) is 0 Å². The fourth-order valence-electron chi connectivity index (χ4n) is 1.35. The number of hydrogen-bond acceptors (Lipinski definition) is 3. The van der Waals surface area contributed by atoms with Crippen molar-refractivity contribution in [3.05, 3.63) is 0 Å². The maximum absolute atomic E-state index is 11.1. The van der Waals surface area contributed by atoms with E-state index in [0.717, 1.165) is 19.3 Å². The Bertz CT molecular complexity index is 145. The van der Waals surface area contributed by atoms with E-state index in [2.05, 4.69) is 6.92 Å². The van der Waals surface area contributed by atoms with Crippen molar-refractivity contribution >= 4 is 5.78 Å². The van der Waals surface area contributed by atoms with Crippen LogP contribution in [0.2, 0.25) is 0 Å². The van der Waals surface area contributed by atoms with Gasteiger partial charge in [0.1, 0.15) is 6.10 Å². The molecule has 0 spiro atoms. The molecule has 2 N–H and O–H groups in total. The first-order valence-corrected chi connectivity index (χ1v) is 5.54. The van der Waals surface area contributed by atoms with Crippen LogP contribution >= 0.6 is 0 Å². The van der Waals surface area contributed by atoms with Gasteiger partial charge in [-0.25, -0.2) is 0 Å².